The lowest BCUT2D eigenvalue weighted by atomic mass is 9.96. The highest BCUT2D eigenvalue weighted by molar-refractivity contribution is 9.10. The molecular formula is C13H18BrNO. The van der Waals surface area contributed by atoms with Crippen LogP contribution >= 0.6 is 15.9 Å². The fraction of sp³-hybridized carbons (Fsp3) is 0.462. The minimum Gasteiger partial charge on any atom is -0.330 e. The minimum atomic E-state index is 0.268. The van der Waals surface area contributed by atoms with Crippen LogP contribution in [0.15, 0.2) is 28.7 Å². The zero-order chi connectivity index (χ0) is 12.0. The number of carbonyl (C=O) groups excluding carboxylic acids is 1. The third-order valence-corrected chi connectivity index (χ3v) is 3.55. The Morgan fingerprint density at radius 3 is 2.69 bits per heavy atom. The molecule has 0 fully saturated rings. The number of hydrogen-bond acceptors (Lipinski definition) is 2. The monoisotopic (exact) mass is 283 g/mol. The molecule has 0 saturated carbocycles. The van der Waals surface area contributed by atoms with Gasteiger partial charge in [0, 0.05) is 17.3 Å². The van der Waals surface area contributed by atoms with Gasteiger partial charge in [-0.25, -0.2) is 0 Å². The van der Waals surface area contributed by atoms with E-state index in [2.05, 4.69) is 22.9 Å². The predicted molar refractivity (Wildman–Crippen MR) is 70.3 cm³/mol. The van der Waals surface area contributed by atoms with E-state index in [1.54, 1.807) is 0 Å². The van der Waals surface area contributed by atoms with Crippen molar-refractivity contribution in [2.75, 3.05) is 6.54 Å². The van der Waals surface area contributed by atoms with Crippen molar-refractivity contribution in [1.82, 2.24) is 0 Å². The van der Waals surface area contributed by atoms with Crippen molar-refractivity contribution in [3.05, 3.63) is 34.3 Å². The van der Waals surface area contributed by atoms with Gasteiger partial charge in [-0.05, 0) is 24.1 Å². The van der Waals surface area contributed by atoms with Crippen molar-refractivity contribution in [1.29, 1.82) is 0 Å². The van der Waals surface area contributed by atoms with E-state index in [-0.39, 0.29) is 5.78 Å². The summed E-state index contributed by atoms with van der Waals surface area (Å²) < 4.78 is 1.00. The number of Topliss-reactive ketones (excluding diaryl/α,β-unsaturated/α-hetero) is 1. The Hall–Kier alpha value is -0.670. The summed E-state index contributed by atoms with van der Waals surface area (Å²) >= 11 is 3.45. The molecule has 0 spiro atoms. The molecule has 88 valence electrons. The van der Waals surface area contributed by atoms with Crippen LogP contribution in [0.2, 0.25) is 0 Å². The zero-order valence-corrected chi connectivity index (χ0v) is 11.2. The van der Waals surface area contributed by atoms with Gasteiger partial charge in [0.25, 0.3) is 0 Å². The average Bonchev–Trinajstić information content (AvgIpc) is 2.29. The van der Waals surface area contributed by atoms with Crippen molar-refractivity contribution in [2.45, 2.75) is 26.2 Å². The van der Waals surface area contributed by atoms with Crippen LogP contribution in [-0.4, -0.2) is 12.3 Å². The first-order chi connectivity index (χ1) is 7.67. The van der Waals surface area contributed by atoms with Gasteiger partial charge < -0.3 is 5.73 Å². The molecule has 0 aliphatic heterocycles. The molecule has 2 N–H and O–H groups in total. The molecule has 0 bridgehead atoms. The summed E-state index contributed by atoms with van der Waals surface area (Å²) in [5, 5.41) is 0. The van der Waals surface area contributed by atoms with Crippen molar-refractivity contribution in [3.63, 3.8) is 0 Å². The molecule has 0 radical (unpaired) electrons. The van der Waals surface area contributed by atoms with E-state index in [0.29, 0.717) is 25.3 Å². The Bertz CT molecular complexity index is 348. The molecule has 0 heterocycles. The van der Waals surface area contributed by atoms with Crippen LogP contribution in [0.5, 0.6) is 0 Å². The number of carbonyl (C=O) groups is 1. The van der Waals surface area contributed by atoms with Gasteiger partial charge in [0.15, 0.2) is 0 Å². The molecule has 0 aliphatic rings. The van der Waals surface area contributed by atoms with E-state index in [1.165, 1.54) is 0 Å². The van der Waals surface area contributed by atoms with Crippen LogP contribution in [0, 0.1) is 5.92 Å². The Kier molecular flexibility index (Phi) is 5.71. The molecule has 2 nitrogen and oxygen atoms in total. The lowest BCUT2D eigenvalue weighted by molar-refractivity contribution is -0.119. The second-order valence-electron chi connectivity index (χ2n) is 4.02. The highest BCUT2D eigenvalue weighted by Gasteiger charge is 2.12. The van der Waals surface area contributed by atoms with Crippen molar-refractivity contribution in [3.8, 4) is 0 Å². The normalized spacial score (nSPS) is 12.4. The highest BCUT2D eigenvalue weighted by Crippen LogP contribution is 2.18. The summed E-state index contributed by atoms with van der Waals surface area (Å²) in [5.41, 5.74) is 6.65. The summed E-state index contributed by atoms with van der Waals surface area (Å²) in [5.74, 6) is 0.596. The van der Waals surface area contributed by atoms with E-state index in [0.717, 1.165) is 16.5 Å². The Morgan fingerprint density at radius 1 is 1.44 bits per heavy atom. The van der Waals surface area contributed by atoms with Crippen molar-refractivity contribution in [2.24, 2.45) is 11.7 Å². The second kappa shape index (κ2) is 6.81. The van der Waals surface area contributed by atoms with E-state index in [4.69, 9.17) is 5.73 Å². The molecule has 0 aromatic heterocycles. The Morgan fingerprint density at radius 2 is 2.12 bits per heavy atom. The first-order valence-corrected chi connectivity index (χ1v) is 6.41. The molecule has 3 heteroatoms. The van der Waals surface area contributed by atoms with Gasteiger partial charge in [0.05, 0.1) is 0 Å². The van der Waals surface area contributed by atoms with Gasteiger partial charge in [-0.1, -0.05) is 47.5 Å². The summed E-state index contributed by atoms with van der Waals surface area (Å²) in [6.07, 6.45) is 2.06. The van der Waals surface area contributed by atoms with Crippen LogP contribution < -0.4 is 5.73 Å². The molecule has 1 aromatic rings. The highest BCUT2D eigenvalue weighted by atomic mass is 79.9. The van der Waals surface area contributed by atoms with E-state index in [1.807, 2.05) is 24.3 Å². The molecule has 16 heavy (non-hydrogen) atoms. The van der Waals surface area contributed by atoms with Crippen LogP contribution in [0.3, 0.4) is 0 Å². The summed E-state index contributed by atoms with van der Waals surface area (Å²) in [4.78, 5) is 11.8. The summed E-state index contributed by atoms with van der Waals surface area (Å²) in [6.45, 7) is 2.67. The smallest absolute Gasteiger partial charge is 0.137 e. The fourth-order valence-corrected chi connectivity index (χ4v) is 2.07. The molecule has 1 atom stereocenters. The van der Waals surface area contributed by atoms with E-state index >= 15 is 0 Å². The third kappa shape index (κ3) is 4.06. The minimum absolute atomic E-state index is 0.268. The maximum atomic E-state index is 11.8. The van der Waals surface area contributed by atoms with Gasteiger partial charge in [-0.3, -0.25) is 4.79 Å². The maximum Gasteiger partial charge on any atom is 0.137 e. The zero-order valence-electron chi connectivity index (χ0n) is 9.58. The standard InChI is InChI=1S/C13H18BrNO/c1-2-10(9-15)7-12(16)8-11-5-3-4-6-13(11)14/h3-6,10H,2,7-9,15H2,1H3. The molecule has 1 rings (SSSR count). The first kappa shape index (κ1) is 13.4. The largest absolute Gasteiger partial charge is 0.330 e. The number of halogens is 1. The van der Waals surface area contributed by atoms with Gasteiger partial charge in [0.1, 0.15) is 5.78 Å². The van der Waals surface area contributed by atoms with Gasteiger partial charge in [-0.2, -0.15) is 0 Å². The lowest BCUT2D eigenvalue weighted by Crippen LogP contribution is -2.18. The number of ketones is 1. The topological polar surface area (TPSA) is 43.1 Å². The van der Waals surface area contributed by atoms with E-state index < -0.39 is 0 Å². The van der Waals surface area contributed by atoms with Gasteiger partial charge in [0.2, 0.25) is 0 Å². The summed E-state index contributed by atoms with van der Waals surface area (Å²) in [6, 6.07) is 7.84. The number of benzene rings is 1. The second-order valence-corrected chi connectivity index (χ2v) is 4.88. The first-order valence-electron chi connectivity index (χ1n) is 5.62. The molecular weight excluding hydrogens is 266 g/mol. The number of hydrogen-bond donors (Lipinski definition) is 1. The van der Waals surface area contributed by atoms with Crippen LogP contribution in [0.25, 0.3) is 0 Å². The fourth-order valence-electron chi connectivity index (χ4n) is 1.64. The molecule has 0 aliphatic carbocycles. The van der Waals surface area contributed by atoms with Gasteiger partial charge in [-0.15, -0.1) is 0 Å². The van der Waals surface area contributed by atoms with Crippen molar-refractivity contribution >= 4 is 21.7 Å². The molecule has 0 amide bonds. The van der Waals surface area contributed by atoms with Crippen molar-refractivity contribution < 1.29 is 4.79 Å². The SMILES string of the molecule is CCC(CN)CC(=O)Cc1ccccc1Br. The number of rotatable bonds is 6. The lowest BCUT2D eigenvalue weighted by Gasteiger charge is -2.11. The summed E-state index contributed by atoms with van der Waals surface area (Å²) in [7, 11) is 0. The molecule has 1 unspecified atom stereocenters. The van der Waals surface area contributed by atoms with Crippen LogP contribution in [0.1, 0.15) is 25.3 Å². The third-order valence-electron chi connectivity index (χ3n) is 2.77. The van der Waals surface area contributed by atoms with Crippen LogP contribution in [0.4, 0.5) is 0 Å². The van der Waals surface area contributed by atoms with Crippen LogP contribution in [-0.2, 0) is 11.2 Å². The quantitative estimate of drug-likeness (QED) is 0.872. The Labute approximate surface area is 105 Å². The van der Waals surface area contributed by atoms with Gasteiger partial charge >= 0.3 is 0 Å². The average molecular weight is 284 g/mol. The van der Waals surface area contributed by atoms with E-state index in [9.17, 15) is 4.79 Å². The predicted octanol–water partition coefficient (Wildman–Crippen LogP) is 2.94. The molecule has 1 aromatic carbocycles. The Balaban J connectivity index is 2.55. The number of nitrogens with two attached hydrogens (primary N) is 1. The maximum absolute atomic E-state index is 11.8. The molecule has 0 saturated heterocycles.